The van der Waals surface area contributed by atoms with Crippen molar-refractivity contribution in [3.63, 3.8) is 0 Å². The van der Waals surface area contributed by atoms with Crippen molar-refractivity contribution in [3.05, 3.63) is 41.5 Å². The summed E-state index contributed by atoms with van der Waals surface area (Å²) in [4.78, 5) is 14.8. The standard InChI is InChI=1S/C11H10N2O4S2/c14-10(15)7-9-1-2-11(18-9)19(16,17)13-8-3-5-12-6-4-8/h1-6H,7H2,(H,12,13)(H,14,15). The fourth-order valence-electron chi connectivity index (χ4n) is 1.37. The summed E-state index contributed by atoms with van der Waals surface area (Å²) in [5, 5.41) is 8.65. The van der Waals surface area contributed by atoms with Crippen LogP contribution in [0.1, 0.15) is 4.88 Å². The maximum Gasteiger partial charge on any atom is 0.308 e. The number of rotatable bonds is 5. The maximum atomic E-state index is 12.0. The molecule has 0 unspecified atom stereocenters. The predicted molar refractivity (Wildman–Crippen MR) is 70.7 cm³/mol. The van der Waals surface area contributed by atoms with Crippen LogP contribution in [0.4, 0.5) is 5.69 Å². The van der Waals surface area contributed by atoms with E-state index in [2.05, 4.69) is 9.71 Å². The number of hydrogen-bond acceptors (Lipinski definition) is 5. The van der Waals surface area contributed by atoms with Crippen LogP contribution in [-0.4, -0.2) is 24.5 Å². The highest BCUT2D eigenvalue weighted by atomic mass is 32.2. The molecule has 6 nitrogen and oxygen atoms in total. The lowest BCUT2D eigenvalue weighted by molar-refractivity contribution is -0.136. The van der Waals surface area contributed by atoms with E-state index in [1.54, 1.807) is 0 Å². The normalized spacial score (nSPS) is 11.2. The summed E-state index contributed by atoms with van der Waals surface area (Å²) in [7, 11) is -3.68. The molecule has 0 aliphatic carbocycles. The smallest absolute Gasteiger partial charge is 0.308 e. The quantitative estimate of drug-likeness (QED) is 0.873. The Labute approximate surface area is 113 Å². The molecule has 0 radical (unpaired) electrons. The van der Waals surface area contributed by atoms with Gasteiger partial charge in [0.05, 0.1) is 12.1 Å². The highest BCUT2D eigenvalue weighted by Gasteiger charge is 2.17. The summed E-state index contributed by atoms with van der Waals surface area (Å²) in [5.74, 6) is -0.993. The number of aromatic nitrogens is 1. The lowest BCUT2D eigenvalue weighted by Gasteiger charge is -2.04. The molecule has 2 N–H and O–H groups in total. The van der Waals surface area contributed by atoms with Crippen molar-refractivity contribution in [3.8, 4) is 0 Å². The summed E-state index contributed by atoms with van der Waals surface area (Å²) in [6, 6.07) is 5.96. The first-order valence-electron chi connectivity index (χ1n) is 5.21. The van der Waals surface area contributed by atoms with Gasteiger partial charge < -0.3 is 5.11 Å². The number of nitrogens with zero attached hydrogens (tertiary/aromatic N) is 1. The van der Waals surface area contributed by atoms with E-state index >= 15 is 0 Å². The second-order valence-corrected chi connectivity index (χ2v) is 6.71. The first kappa shape index (κ1) is 13.5. The number of carboxylic acids is 1. The van der Waals surface area contributed by atoms with E-state index in [1.165, 1.54) is 36.7 Å². The largest absolute Gasteiger partial charge is 0.481 e. The van der Waals surface area contributed by atoms with E-state index in [-0.39, 0.29) is 10.6 Å². The fraction of sp³-hybridized carbons (Fsp3) is 0.0909. The zero-order valence-electron chi connectivity index (χ0n) is 9.61. The van der Waals surface area contributed by atoms with Gasteiger partial charge in [-0.3, -0.25) is 14.5 Å². The molecule has 2 rings (SSSR count). The third kappa shape index (κ3) is 3.52. The average Bonchev–Trinajstić information content (AvgIpc) is 2.78. The van der Waals surface area contributed by atoms with Gasteiger partial charge in [0.2, 0.25) is 0 Å². The number of thiophene rings is 1. The highest BCUT2D eigenvalue weighted by molar-refractivity contribution is 7.94. The summed E-state index contributed by atoms with van der Waals surface area (Å²) in [5.41, 5.74) is 0.406. The molecule has 0 fully saturated rings. The average molecular weight is 298 g/mol. The van der Waals surface area contributed by atoms with Gasteiger partial charge >= 0.3 is 5.97 Å². The van der Waals surface area contributed by atoms with Crippen molar-refractivity contribution in [2.75, 3.05) is 4.72 Å². The Balaban J connectivity index is 2.20. The van der Waals surface area contributed by atoms with Gasteiger partial charge in [0.15, 0.2) is 0 Å². The van der Waals surface area contributed by atoms with Crippen molar-refractivity contribution in [2.24, 2.45) is 0 Å². The maximum absolute atomic E-state index is 12.0. The first-order chi connectivity index (χ1) is 8.97. The molecule has 0 saturated carbocycles. The van der Waals surface area contributed by atoms with Gasteiger partial charge in [0.1, 0.15) is 4.21 Å². The number of anilines is 1. The third-order valence-corrected chi connectivity index (χ3v) is 5.12. The molecule has 0 aliphatic heterocycles. The lowest BCUT2D eigenvalue weighted by atomic mass is 10.3. The molecule has 8 heteroatoms. The van der Waals surface area contributed by atoms with E-state index in [0.29, 0.717) is 10.6 Å². The van der Waals surface area contributed by atoms with Crippen molar-refractivity contribution in [1.82, 2.24) is 4.98 Å². The SMILES string of the molecule is O=C(O)Cc1ccc(S(=O)(=O)Nc2ccncc2)s1. The Morgan fingerprint density at radius 1 is 1.26 bits per heavy atom. The molecule has 2 aromatic rings. The van der Waals surface area contributed by atoms with Crippen LogP contribution >= 0.6 is 11.3 Å². The molecule has 0 saturated heterocycles. The van der Waals surface area contributed by atoms with E-state index in [1.807, 2.05) is 0 Å². The molecular weight excluding hydrogens is 288 g/mol. The summed E-state index contributed by atoms with van der Waals surface area (Å²) >= 11 is 0.940. The van der Waals surface area contributed by atoms with Crippen LogP contribution < -0.4 is 4.72 Å². The van der Waals surface area contributed by atoms with E-state index < -0.39 is 16.0 Å². The van der Waals surface area contributed by atoms with Gasteiger partial charge in [-0.2, -0.15) is 0 Å². The Morgan fingerprint density at radius 3 is 2.58 bits per heavy atom. The Kier molecular flexibility index (Phi) is 3.82. The molecule has 2 aromatic heterocycles. The van der Waals surface area contributed by atoms with E-state index in [4.69, 9.17) is 5.11 Å². The van der Waals surface area contributed by atoms with Crippen LogP contribution in [0.15, 0.2) is 40.9 Å². The molecule has 0 spiro atoms. The van der Waals surface area contributed by atoms with Gasteiger partial charge in [0.25, 0.3) is 10.0 Å². The molecule has 2 heterocycles. The fourth-order valence-corrected chi connectivity index (χ4v) is 3.78. The first-order valence-corrected chi connectivity index (χ1v) is 7.51. The van der Waals surface area contributed by atoms with Crippen molar-refractivity contribution >= 4 is 33.0 Å². The number of carbonyl (C=O) groups is 1. The Hall–Kier alpha value is -1.93. The highest BCUT2D eigenvalue weighted by Crippen LogP contribution is 2.24. The summed E-state index contributed by atoms with van der Waals surface area (Å²) in [6.45, 7) is 0. The van der Waals surface area contributed by atoms with Crippen LogP contribution in [0.25, 0.3) is 0 Å². The lowest BCUT2D eigenvalue weighted by Crippen LogP contribution is -2.11. The van der Waals surface area contributed by atoms with E-state index in [0.717, 1.165) is 11.3 Å². The Bertz CT molecular complexity index is 680. The van der Waals surface area contributed by atoms with Crippen LogP contribution in [0.5, 0.6) is 0 Å². The summed E-state index contributed by atoms with van der Waals surface area (Å²) < 4.78 is 26.5. The van der Waals surface area contributed by atoms with Gasteiger partial charge in [-0.25, -0.2) is 8.42 Å². The van der Waals surface area contributed by atoms with Gasteiger partial charge in [-0.1, -0.05) is 0 Å². The van der Waals surface area contributed by atoms with Gasteiger partial charge in [-0.15, -0.1) is 11.3 Å². The molecule has 100 valence electrons. The van der Waals surface area contributed by atoms with Crippen LogP contribution in [0.3, 0.4) is 0 Å². The zero-order chi connectivity index (χ0) is 13.9. The van der Waals surface area contributed by atoms with Crippen LogP contribution in [0, 0.1) is 0 Å². The number of aliphatic carboxylic acids is 1. The number of pyridine rings is 1. The third-order valence-electron chi connectivity index (χ3n) is 2.16. The topological polar surface area (TPSA) is 96.4 Å². The molecule has 0 bridgehead atoms. The summed E-state index contributed by atoms with van der Waals surface area (Å²) in [6.07, 6.45) is 2.76. The van der Waals surface area contributed by atoms with Gasteiger partial charge in [0, 0.05) is 17.3 Å². The second-order valence-electron chi connectivity index (χ2n) is 3.63. The minimum Gasteiger partial charge on any atom is -0.481 e. The number of nitrogens with one attached hydrogen (secondary N) is 1. The van der Waals surface area contributed by atoms with Crippen molar-refractivity contribution in [1.29, 1.82) is 0 Å². The predicted octanol–water partition coefficient (Wildman–Crippen LogP) is 1.57. The molecule has 19 heavy (non-hydrogen) atoms. The Morgan fingerprint density at radius 2 is 1.95 bits per heavy atom. The molecular formula is C11H10N2O4S2. The zero-order valence-corrected chi connectivity index (χ0v) is 11.2. The molecule has 0 amide bonds. The van der Waals surface area contributed by atoms with E-state index in [9.17, 15) is 13.2 Å². The number of sulfonamides is 1. The van der Waals surface area contributed by atoms with Crippen LogP contribution in [-0.2, 0) is 21.2 Å². The second kappa shape index (κ2) is 5.37. The minimum absolute atomic E-state index is 0.0839. The minimum atomic E-state index is -3.68. The van der Waals surface area contributed by atoms with Gasteiger partial charge in [-0.05, 0) is 24.3 Å². The monoisotopic (exact) mass is 298 g/mol. The number of carboxylic acid groups (broad SMARTS) is 1. The van der Waals surface area contributed by atoms with Crippen molar-refractivity contribution < 1.29 is 18.3 Å². The molecule has 0 aromatic carbocycles. The molecule has 0 aliphatic rings. The molecule has 0 atom stereocenters. The number of hydrogen-bond donors (Lipinski definition) is 2. The van der Waals surface area contributed by atoms with Crippen LogP contribution in [0.2, 0.25) is 0 Å². The van der Waals surface area contributed by atoms with Crippen molar-refractivity contribution in [2.45, 2.75) is 10.6 Å².